The van der Waals surface area contributed by atoms with E-state index >= 15 is 0 Å². The first kappa shape index (κ1) is 15.1. The van der Waals surface area contributed by atoms with Crippen LogP contribution >= 0.6 is 0 Å². The number of aromatic carboxylic acids is 1. The Hall–Kier alpha value is -2.33. The van der Waals surface area contributed by atoms with Crippen LogP contribution < -0.4 is 4.72 Å². The smallest absolute Gasteiger partial charge is 0.358 e. The molecule has 0 aliphatic heterocycles. The van der Waals surface area contributed by atoms with Crippen LogP contribution in [-0.2, 0) is 16.6 Å². The number of carbonyl (C=O) groups is 1. The predicted molar refractivity (Wildman–Crippen MR) is 68.6 cm³/mol. The number of halogens is 1. The van der Waals surface area contributed by atoms with Crippen molar-refractivity contribution in [3.05, 3.63) is 42.0 Å². The van der Waals surface area contributed by atoms with Crippen molar-refractivity contribution >= 4 is 16.0 Å². The molecule has 10 heteroatoms. The summed E-state index contributed by atoms with van der Waals surface area (Å²) in [5.41, 5.74) is -0.233. The van der Waals surface area contributed by atoms with Gasteiger partial charge in [0.1, 0.15) is 5.82 Å². The van der Waals surface area contributed by atoms with Crippen molar-refractivity contribution < 1.29 is 22.7 Å². The number of hydrogen-bond acceptors (Lipinski definition) is 5. The topological polar surface area (TPSA) is 114 Å². The van der Waals surface area contributed by atoms with Crippen LogP contribution in [0, 0.1) is 5.82 Å². The van der Waals surface area contributed by atoms with Crippen LogP contribution in [0.1, 0.15) is 10.5 Å². The molecular weight excluding hydrogens is 303 g/mol. The molecule has 0 bridgehead atoms. The number of benzene rings is 1. The molecule has 112 valence electrons. The van der Waals surface area contributed by atoms with Crippen molar-refractivity contribution in [2.45, 2.75) is 11.4 Å². The SMILES string of the molecule is O=C(O)c1cn(CCNS(=O)(=O)c2cccc(F)c2)nn1. The van der Waals surface area contributed by atoms with Gasteiger partial charge in [0.05, 0.1) is 17.6 Å². The van der Waals surface area contributed by atoms with Crippen molar-refractivity contribution in [1.82, 2.24) is 19.7 Å². The van der Waals surface area contributed by atoms with Gasteiger partial charge in [-0.1, -0.05) is 11.3 Å². The quantitative estimate of drug-likeness (QED) is 0.781. The zero-order valence-corrected chi connectivity index (χ0v) is 11.4. The van der Waals surface area contributed by atoms with Gasteiger partial charge in [0.2, 0.25) is 10.0 Å². The minimum atomic E-state index is -3.83. The Morgan fingerprint density at radius 3 is 2.81 bits per heavy atom. The lowest BCUT2D eigenvalue weighted by atomic mass is 10.4. The van der Waals surface area contributed by atoms with Crippen LogP contribution in [0.2, 0.25) is 0 Å². The molecule has 0 saturated heterocycles. The molecule has 0 saturated carbocycles. The molecule has 1 heterocycles. The number of nitrogens with one attached hydrogen (secondary N) is 1. The third-order valence-electron chi connectivity index (χ3n) is 2.50. The molecule has 2 N–H and O–H groups in total. The third kappa shape index (κ3) is 3.83. The molecule has 0 fully saturated rings. The van der Waals surface area contributed by atoms with Gasteiger partial charge in [-0.25, -0.2) is 22.3 Å². The van der Waals surface area contributed by atoms with Crippen LogP contribution in [0.25, 0.3) is 0 Å². The van der Waals surface area contributed by atoms with Gasteiger partial charge in [-0.2, -0.15) is 0 Å². The summed E-state index contributed by atoms with van der Waals surface area (Å²) in [7, 11) is -3.83. The van der Waals surface area contributed by atoms with Crippen LogP contribution in [0.3, 0.4) is 0 Å². The highest BCUT2D eigenvalue weighted by atomic mass is 32.2. The lowest BCUT2D eigenvalue weighted by molar-refractivity contribution is 0.0690. The standard InChI is InChI=1S/C11H11FN4O4S/c12-8-2-1-3-9(6-8)21(19,20)13-4-5-16-7-10(11(17)18)14-15-16/h1-3,6-7,13H,4-5H2,(H,17,18). The zero-order chi connectivity index (χ0) is 15.5. The fourth-order valence-electron chi connectivity index (χ4n) is 1.52. The van der Waals surface area contributed by atoms with Crippen molar-refractivity contribution in [2.75, 3.05) is 6.54 Å². The Kier molecular flexibility index (Phi) is 4.29. The minimum Gasteiger partial charge on any atom is -0.476 e. The summed E-state index contributed by atoms with van der Waals surface area (Å²) in [6.45, 7) is 0.0517. The Bertz CT molecular complexity index is 759. The van der Waals surface area contributed by atoms with Gasteiger partial charge in [0.15, 0.2) is 5.69 Å². The van der Waals surface area contributed by atoms with Crippen LogP contribution in [0.5, 0.6) is 0 Å². The monoisotopic (exact) mass is 314 g/mol. The van der Waals surface area contributed by atoms with E-state index in [1.807, 2.05) is 0 Å². The summed E-state index contributed by atoms with van der Waals surface area (Å²) >= 11 is 0. The molecule has 0 atom stereocenters. The zero-order valence-electron chi connectivity index (χ0n) is 10.6. The van der Waals surface area contributed by atoms with E-state index in [-0.39, 0.29) is 23.7 Å². The van der Waals surface area contributed by atoms with Gasteiger partial charge >= 0.3 is 5.97 Å². The van der Waals surface area contributed by atoms with E-state index in [2.05, 4.69) is 15.0 Å². The molecule has 0 amide bonds. The first-order valence-electron chi connectivity index (χ1n) is 5.77. The molecule has 21 heavy (non-hydrogen) atoms. The van der Waals surface area contributed by atoms with Gasteiger partial charge in [-0.3, -0.25) is 4.68 Å². The van der Waals surface area contributed by atoms with E-state index in [0.717, 1.165) is 12.1 Å². The largest absolute Gasteiger partial charge is 0.476 e. The number of hydrogen-bond donors (Lipinski definition) is 2. The molecule has 1 aromatic heterocycles. The predicted octanol–water partition coefficient (Wildman–Crippen LogP) is 0.0939. The summed E-state index contributed by atoms with van der Waals surface area (Å²) in [5.74, 6) is -1.87. The molecule has 0 aliphatic carbocycles. The van der Waals surface area contributed by atoms with Gasteiger partial charge in [-0.05, 0) is 18.2 Å². The van der Waals surface area contributed by atoms with Crippen molar-refractivity contribution in [3.8, 4) is 0 Å². The molecule has 0 aliphatic rings. The molecule has 0 spiro atoms. The maximum absolute atomic E-state index is 13.0. The molecule has 1 aromatic carbocycles. The molecule has 2 aromatic rings. The molecule has 8 nitrogen and oxygen atoms in total. The van der Waals surface area contributed by atoms with E-state index in [1.54, 1.807) is 0 Å². The summed E-state index contributed by atoms with van der Waals surface area (Å²) < 4.78 is 40.2. The van der Waals surface area contributed by atoms with Gasteiger partial charge in [0, 0.05) is 6.54 Å². The van der Waals surface area contributed by atoms with E-state index in [1.165, 1.54) is 23.0 Å². The lowest BCUT2D eigenvalue weighted by Crippen LogP contribution is -2.27. The highest BCUT2D eigenvalue weighted by Gasteiger charge is 2.14. The second-order valence-corrected chi connectivity index (χ2v) is 5.79. The third-order valence-corrected chi connectivity index (χ3v) is 3.96. The Morgan fingerprint density at radius 1 is 1.43 bits per heavy atom. The Morgan fingerprint density at radius 2 is 2.19 bits per heavy atom. The molecule has 0 radical (unpaired) electrons. The highest BCUT2D eigenvalue weighted by molar-refractivity contribution is 7.89. The van der Waals surface area contributed by atoms with Crippen LogP contribution in [-0.4, -0.2) is 41.0 Å². The average Bonchev–Trinajstić information content (AvgIpc) is 2.87. The number of carboxylic acids is 1. The minimum absolute atomic E-state index is 0.0404. The highest BCUT2D eigenvalue weighted by Crippen LogP contribution is 2.09. The summed E-state index contributed by atoms with van der Waals surface area (Å²) in [6, 6.07) is 4.60. The average molecular weight is 314 g/mol. The summed E-state index contributed by atoms with van der Waals surface area (Å²) in [6.07, 6.45) is 1.18. The van der Waals surface area contributed by atoms with Crippen molar-refractivity contribution in [2.24, 2.45) is 0 Å². The maximum atomic E-state index is 13.0. The van der Waals surface area contributed by atoms with Crippen LogP contribution in [0.4, 0.5) is 4.39 Å². The van der Waals surface area contributed by atoms with Gasteiger partial charge in [0.25, 0.3) is 0 Å². The van der Waals surface area contributed by atoms with Crippen LogP contribution in [0.15, 0.2) is 35.4 Å². The lowest BCUT2D eigenvalue weighted by Gasteiger charge is -2.06. The fraction of sp³-hybridized carbons (Fsp3) is 0.182. The van der Waals surface area contributed by atoms with E-state index in [0.29, 0.717) is 0 Å². The molecule has 2 rings (SSSR count). The fourth-order valence-corrected chi connectivity index (χ4v) is 2.57. The second-order valence-electron chi connectivity index (χ2n) is 4.03. The molecule has 0 unspecified atom stereocenters. The Balaban J connectivity index is 1.97. The number of aromatic nitrogens is 3. The number of rotatable bonds is 6. The first-order chi connectivity index (χ1) is 9.88. The maximum Gasteiger partial charge on any atom is 0.358 e. The van der Waals surface area contributed by atoms with E-state index in [4.69, 9.17) is 5.11 Å². The molecular formula is C11H11FN4O4S. The van der Waals surface area contributed by atoms with Gasteiger partial charge < -0.3 is 5.11 Å². The van der Waals surface area contributed by atoms with Crippen molar-refractivity contribution in [1.29, 1.82) is 0 Å². The Labute approximate surface area is 119 Å². The van der Waals surface area contributed by atoms with E-state index < -0.39 is 21.8 Å². The normalized spacial score (nSPS) is 11.5. The number of sulfonamides is 1. The second kappa shape index (κ2) is 5.97. The van der Waals surface area contributed by atoms with E-state index in [9.17, 15) is 17.6 Å². The van der Waals surface area contributed by atoms with Gasteiger partial charge in [-0.15, -0.1) is 5.10 Å². The number of carboxylic acid groups (broad SMARTS) is 1. The summed E-state index contributed by atoms with van der Waals surface area (Å²) in [4.78, 5) is 10.4. The summed E-state index contributed by atoms with van der Waals surface area (Å²) in [5, 5.41) is 15.6. The van der Waals surface area contributed by atoms with Crippen molar-refractivity contribution in [3.63, 3.8) is 0 Å². The number of nitrogens with zero attached hydrogens (tertiary/aromatic N) is 3. The first-order valence-corrected chi connectivity index (χ1v) is 7.25.